The molecule has 112 valence electrons. The first-order valence-electron chi connectivity index (χ1n) is 6.64. The second-order valence-electron chi connectivity index (χ2n) is 5.06. The lowest BCUT2D eigenvalue weighted by Gasteiger charge is -2.17. The van der Waals surface area contributed by atoms with Gasteiger partial charge in [0, 0.05) is 19.8 Å². The first-order chi connectivity index (χ1) is 9.88. The van der Waals surface area contributed by atoms with Gasteiger partial charge in [-0.25, -0.2) is 4.79 Å². The molecule has 1 fully saturated rings. The summed E-state index contributed by atoms with van der Waals surface area (Å²) in [7, 11) is 0. The number of hydrogen-bond acceptors (Lipinski definition) is 5. The number of nitrogens with one attached hydrogen (secondary N) is 1. The van der Waals surface area contributed by atoms with Crippen molar-refractivity contribution in [3.63, 3.8) is 0 Å². The standard InChI is InChI=1S/C15H17NO5/c1-8-13(16-9(2)17)15(19)21-14(8)11-4-6-12(7-5-11)20-10(3)18/h4-8,13-14H,1-3H3,(H,16,17)/t8-,13?,14-/m0/s1. The molecule has 0 bridgehead atoms. The van der Waals surface area contributed by atoms with Gasteiger partial charge in [0.2, 0.25) is 5.91 Å². The van der Waals surface area contributed by atoms with Crippen molar-refractivity contribution in [1.29, 1.82) is 0 Å². The van der Waals surface area contributed by atoms with Crippen LogP contribution in [0.3, 0.4) is 0 Å². The molecule has 1 amide bonds. The molecule has 1 saturated heterocycles. The molecule has 6 heteroatoms. The zero-order valence-electron chi connectivity index (χ0n) is 12.1. The maximum Gasteiger partial charge on any atom is 0.329 e. The number of carbonyl (C=O) groups is 3. The Balaban J connectivity index is 2.13. The highest BCUT2D eigenvalue weighted by molar-refractivity contribution is 5.85. The van der Waals surface area contributed by atoms with Crippen molar-refractivity contribution in [3.8, 4) is 5.75 Å². The van der Waals surface area contributed by atoms with Crippen molar-refractivity contribution in [1.82, 2.24) is 5.32 Å². The van der Waals surface area contributed by atoms with Gasteiger partial charge >= 0.3 is 11.9 Å². The van der Waals surface area contributed by atoms with Crippen molar-refractivity contribution in [2.45, 2.75) is 32.9 Å². The maximum atomic E-state index is 11.8. The summed E-state index contributed by atoms with van der Waals surface area (Å²) in [6, 6.07) is 6.12. The normalized spacial score (nSPS) is 24.3. The van der Waals surface area contributed by atoms with E-state index in [4.69, 9.17) is 9.47 Å². The summed E-state index contributed by atoms with van der Waals surface area (Å²) in [5.41, 5.74) is 0.791. The summed E-state index contributed by atoms with van der Waals surface area (Å²) >= 11 is 0. The molecule has 1 aliphatic heterocycles. The smallest absolute Gasteiger partial charge is 0.329 e. The minimum Gasteiger partial charge on any atom is -0.456 e. The summed E-state index contributed by atoms with van der Waals surface area (Å²) in [5, 5.41) is 2.60. The van der Waals surface area contributed by atoms with Gasteiger partial charge in [0.1, 0.15) is 17.9 Å². The molecule has 1 aromatic carbocycles. The summed E-state index contributed by atoms with van der Waals surface area (Å²) in [6.07, 6.45) is -0.430. The quantitative estimate of drug-likeness (QED) is 0.671. The number of rotatable bonds is 3. The molecule has 1 heterocycles. The van der Waals surface area contributed by atoms with E-state index >= 15 is 0 Å². The molecule has 1 aromatic rings. The molecule has 0 saturated carbocycles. The van der Waals surface area contributed by atoms with Gasteiger partial charge in [0.15, 0.2) is 0 Å². The van der Waals surface area contributed by atoms with Crippen LogP contribution in [0.2, 0.25) is 0 Å². The molecule has 1 N–H and O–H groups in total. The summed E-state index contributed by atoms with van der Waals surface area (Å²) in [4.78, 5) is 33.8. The summed E-state index contributed by atoms with van der Waals surface area (Å²) in [5.74, 6) is -0.849. The van der Waals surface area contributed by atoms with E-state index in [1.54, 1.807) is 24.3 Å². The Labute approximate surface area is 122 Å². The van der Waals surface area contributed by atoms with Crippen molar-refractivity contribution in [2.75, 3.05) is 0 Å². The van der Waals surface area contributed by atoms with Gasteiger partial charge in [0.05, 0.1) is 0 Å². The van der Waals surface area contributed by atoms with Gasteiger partial charge in [0.25, 0.3) is 0 Å². The molecule has 0 aliphatic carbocycles. The molecule has 1 unspecified atom stereocenters. The van der Waals surface area contributed by atoms with Crippen LogP contribution in [0.25, 0.3) is 0 Å². The van der Waals surface area contributed by atoms with E-state index in [1.807, 2.05) is 6.92 Å². The second-order valence-corrected chi connectivity index (χ2v) is 5.06. The second kappa shape index (κ2) is 5.95. The fourth-order valence-electron chi connectivity index (χ4n) is 2.37. The van der Waals surface area contributed by atoms with Crippen LogP contribution >= 0.6 is 0 Å². The first kappa shape index (κ1) is 15.0. The van der Waals surface area contributed by atoms with Crippen LogP contribution < -0.4 is 10.1 Å². The molecule has 3 atom stereocenters. The molecular weight excluding hydrogens is 274 g/mol. The van der Waals surface area contributed by atoms with Gasteiger partial charge in [-0.15, -0.1) is 0 Å². The summed E-state index contributed by atoms with van der Waals surface area (Å²) < 4.78 is 10.3. The lowest BCUT2D eigenvalue weighted by Crippen LogP contribution is -2.40. The number of hydrogen-bond donors (Lipinski definition) is 1. The van der Waals surface area contributed by atoms with Gasteiger partial charge < -0.3 is 14.8 Å². The predicted molar refractivity (Wildman–Crippen MR) is 73.4 cm³/mol. The van der Waals surface area contributed by atoms with E-state index in [1.165, 1.54) is 13.8 Å². The van der Waals surface area contributed by atoms with Crippen LogP contribution in [-0.4, -0.2) is 23.9 Å². The number of carbonyl (C=O) groups excluding carboxylic acids is 3. The molecule has 6 nitrogen and oxygen atoms in total. The Morgan fingerprint density at radius 1 is 1.19 bits per heavy atom. The Hall–Kier alpha value is -2.37. The Morgan fingerprint density at radius 3 is 2.33 bits per heavy atom. The van der Waals surface area contributed by atoms with Gasteiger partial charge in [-0.3, -0.25) is 9.59 Å². The Morgan fingerprint density at radius 2 is 1.81 bits per heavy atom. The Bertz CT molecular complexity index is 566. The van der Waals surface area contributed by atoms with Crippen molar-refractivity contribution in [2.24, 2.45) is 5.92 Å². The maximum absolute atomic E-state index is 11.8. The van der Waals surface area contributed by atoms with Crippen molar-refractivity contribution < 1.29 is 23.9 Å². The minimum atomic E-state index is -0.638. The first-order valence-corrected chi connectivity index (χ1v) is 6.64. The van der Waals surface area contributed by atoms with Crippen LogP contribution in [-0.2, 0) is 19.1 Å². The number of amides is 1. The molecule has 0 spiro atoms. The topological polar surface area (TPSA) is 81.7 Å². The van der Waals surface area contributed by atoms with E-state index in [9.17, 15) is 14.4 Å². The lowest BCUT2D eigenvalue weighted by molar-refractivity contribution is -0.144. The molecular formula is C15H17NO5. The minimum absolute atomic E-state index is 0.180. The SMILES string of the molecule is CC(=O)NC1C(=O)O[C@H](c2ccc(OC(C)=O)cc2)[C@H]1C. The van der Waals surface area contributed by atoms with E-state index in [2.05, 4.69) is 5.32 Å². The third-order valence-corrected chi connectivity index (χ3v) is 3.33. The van der Waals surface area contributed by atoms with E-state index in [0.717, 1.165) is 5.56 Å². The number of ether oxygens (including phenoxy) is 2. The highest BCUT2D eigenvalue weighted by Gasteiger charge is 2.42. The lowest BCUT2D eigenvalue weighted by atomic mass is 9.93. The molecule has 21 heavy (non-hydrogen) atoms. The van der Waals surface area contributed by atoms with Crippen molar-refractivity contribution >= 4 is 17.8 Å². The van der Waals surface area contributed by atoms with E-state index in [-0.39, 0.29) is 11.8 Å². The van der Waals surface area contributed by atoms with Crippen LogP contribution in [0.15, 0.2) is 24.3 Å². The molecule has 1 aliphatic rings. The largest absolute Gasteiger partial charge is 0.456 e. The zero-order valence-corrected chi connectivity index (χ0v) is 12.1. The highest BCUT2D eigenvalue weighted by atomic mass is 16.6. The fourth-order valence-corrected chi connectivity index (χ4v) is 2.37. The third kappa shape index (κ3) is 3.39. The Kier molecular flexibility index (Phi) is 4.26. The molecule has 0 radical (unpaired) electrons. The highest BCUT2D eigenvalue weighted by Crippen LogP contribution is 2.35. The average Bonchev–Trinajstić information content (AvgIpc) is 2.67. The van der Waals surface area contributed by atoms with Crippen LogP contribution in [0.1, 0.15) is 32.4 Å². The van der Waals surface area contributed by atoms with Gasteiger partial charge in [-0.05, 0) is 17.7 Å². The van der Waals surface area contributed by atoms with Crippen LogP contribution in [0.4, 0.5) is 0 Å². The predicted octanol–water partition coefficient (Wildman–Crippen LogP) is 1.35. The number of benzene rings is 1. The van der Waals surface area contributed by atoms with E-state index < -0.39 is 24.1 Å². The molecule has 0 aromatic heterocycles. The summed E-state index contributed by atoms with van der Waals surface area (Å²) in [6.45, 7) is 4.53. The van der Waals surface area contributed by atoms with Gasteiger partial charge in [-0.1, -0.05) is 19.1 Å². The third-order valence-electron chi connectivity index (χ3n) is 3.33. The number of cyclic esters (lactones) is 1. The van der Waals surface area contributed by atoms with Gasteiger partial charge in [-0.2, -0.15) is 0 Å². The van der Waals surface area contributed by atoms with E-state index in [0.29, 0.717) is 5.75 Å². The average molecular weight is 291 g/mol. The van der Waals surface area contributed by atoms with Crippen LogP contribution in [0, 0.1) is 5.92 Å². The monoisotopic (exact) mass is 291 g/mol. The number of esters is 2. The zero-order chi connectivity index (χ0) is 15.6. The fraction of sp³-hybridized carbons (Fsp3) is 0.400. The van der Waals surface area contributed by atoms with Crippen molar-refractivity contribution in [3.05, 3.63) is 29.8 Å². The molecule has 2 rings (SSSR count). The van der Waals surface area contributed by atoms with Crippen LogP contribution in [0.5, 0.6) is 5.75 Å².